The third-order valence-corrected chi connectivity index (χ3v) is 3.78. The summed E-state index contributed by atoms with van der Waals surface area (Å²) in [7, 11) is 0. The van der Waals surface area contributed by atoms with Gasteiger partial charge in [0.25, 0.3) is 0 Å². The van der Waals surface area contributed by atoms with Crippen molar-refractivity contribution >= 4 is 32.5 Å². The molecule has 0 bridgehead atoms. The van der Waals surface area contributed by atoms with E-state index in [1.807, 2.05) is 43.3 Å². The summed E-state index contributed by atoms with van der Waals surface area (Å²) in [6.45, 7) is 2.47. The van der Waals surface area contributed by atoms with Gasteiger partial charge in [0.2, 0.25) is 0 Å². The van der Waals surface area contributed by atoms with Crippen molar-refractivity contribution in [3.63, 3.8) is 0 Å². The van der Waals surface area contributed by atoms with E-state index in [9.17, 15) is 0 Å². The first-order valence-electron chi connectivity index (χ1n) is 6.65. The van der Waals surface area contributed by atoms with Crippen LogP contribution in [0.4, 0.5) is 5.69 Å². The Balaban J connectivity index is 1.83. The molecule has 1 aromatic heterocycles. The first kappa shape index (κ1) is 13.9. The summed E-state index contributed by atoms with van der Waals surface area (Å²) < 4.78 is 6.85. The van der Waals surface area contributed by atoms with Crippen LogP contribution in [0.15, 0.2) is 53.1 Å². The average Bonchev–Trinajstić information content (AvgIpc) is 2.46. The molecule has 0 spiro atoms. The van der Waals surface area contributed by atoms with Gasteiger partial charge >= 0.3 is 0 Å². The summed E-state index contributed by atoms with van der Waals surface area (Å²) in [5.41, 5.74) is 9.75. The van der Waals surface area contributed by atoms with E-state index in [4.69, 9.17) is 10.5 Å². The summed E-state index contributed by atoms with van der Waals surface area (Å²) in [6, 6.07) is 14.0. The highest BCUT2D eigenvalue weighted by molar-refractivity contribution is 9.10. The number of pyridine rings is 1. The van der Waals surface area contributed by atoms with Gasteiger partial charge in [-0.3, -0.25) is 4.98 Å². The second-order valence-corrected chi connectivity index (χ2v) is 5.88. The van der Waals surface area contributed by atoms with E-state index >= 15 is 0 Å². The number of rotatable bonds is 3. The Morgan fingerprint density at radius 2 is 2.05 bits per heavy atom. The summed E-state index contributed by atoms with van der Waals surface area (Å²) in [5, 5.41) is 1.11. The number of aromatic nitrogens is 1. The molecule has 0 aliphatic heterocycles. The summed E-state index contributed by atoms with van der Waals surface area (Å²) in [5.74, 6) is 0.740. The summed E-state index contributed by atoms with van der Waals surface area (Å²) in [6.07, 6.45) is 1.80. The van der Waals surface area contributed by atoms with E-state index in [-0.39, 0.29) is 0 Å². The molecule has 2 N–H and O–H groups in total. The Bertz CT molecular complexity index is 779. The number of fused-ring (bicyclic) bond motifs is 1. The van der Waals surface area contributed by atoms with Gasteiger partial charge in [-0.15, -0.1) is 0 Å². The molecule has 0 amide bonds. The molecule has 3 aromatic rings. The van der Waals surface area contributed by atoms with Gasteiger partial charge in [0.15, 0.2) is 0 Å². The molecule has 0 saturated carbocycles. The van der Waals surface area contributed by atoms with Crippen molar-refractivity contribution in [3.8, 4) is 5.75 Å². The van der Waals surface area contributed by atoms with Crippen LogP contribution >= 0.6 is 15.9 Å². The predicted molar refractivity (Wildman–Crippen MR) is 89.4 cm³/mol. The third kappa shape index (κ3) is 3.00. The standard InChI is InChI=1S/C17H15BrN2O/c1-11-7-14(18)9-15(19)17(11)21-10-12-4-5-16-13(8-12)3-2-6-20-16/h2-9H,10,19H2,1H3. The van der Waals surface area contributed by atoms with E-state index in [2.05, 4.69) is 27.0 Å². The molecular formula is C17H15BrN2O. The molecule has 106 valence electrons. The molecule has 4 heteroatoms. The van der Waals surface area contributed by atoms with Crippen LogP contribution < -0.4 is 10.5 Å². The van der Waals surface area contributed by atoms with Crippen LogP contribution in [-0.4, -0.2) is 4.98 Å². The van der Waals surface area contributed by atoms with Crippen molar-refractivity contribution in [3.05, 3.63) is 64.3 Å². The fraction of sp³-hybridized carbons (Fsp3) is 0.118. The molecule has 2 aromatic carbocycles. The van der Waals surface area contributed by atoms with Crippen molar-refractivity contribution in [2.24, 2.45) is 0 Å². The molecule has 1 heterocycles. The molecule has 21 heavy (non-hydrogen) atoms. The van der Waals surface area contributed by atoms with Gasteiger partial charge in [-0.1, -0.05) is 28.1 Å². The minimum Gasteiger partial charge on any atom is -0.486 e. The first-order valence-corrected chi connectivity index (χ1v) is 7.45. The number of anilines is 1. The number of halogens is 1. The van der Waals surface area contributed by atoms with Crippen LogP contribution in [0.25, 0.3) is 10.9 Å². The highest BCUT2D eigenvalue weighted by Crippen LogP contribution is 2.30. The SMILES string of the molecule is Cc1cc(Br)cc(N)c1OCc1ccc2ncccc2c1. The third-order valence-electron chi connectivity index (χ3n) is 3.32. The van der Waals surface area contributed by atoms with E-state index in [1.165, 1.54) is 0 Å². The monoisotopic (exact) mass is 342 g/mol. The quantitative estimate of drug-likeness (QED) is 0.714. The lowest BCUT2D eigenvalue weighted by molar-refractivity contribution is 0.306. The fourth-order valence-corrected chi connectivity index (χ4v) is 2.91. The molecule has 3 nitrogen and oxygen atoms in total. The van der Waals surface area contributed by atoms with E-state index in [0.29, 0.717) is 12.3 Å². The molecule has 0 aliphatic rings. The lowest BCUT2D eigenvalue weighted by Crippen LogP contribution is -2.01. The Morgan fingerprint density at radius 3 is 2.86 bits per heavy atom. The van der Waals surface area contributed by atoms with Crippen LogP contribution in [0.5, 0.6) is 5.75 Å². The Morgan fingerprint density at radius 1 is 1.19 bits per heavy atom. The van der Waals surface area contributed by atoms with Crippen molar-refractivity contribution in [2.45, 2.75) is 13.5 Å². The number of hydrogen-bond donors (Lipinski definition) is 1. The van der Waals surface area contributed by atoms with Gasteiger partial charge in [0.05, 0.1) is 11.2 Å². The Labute approximate surface area is 131 Å². The molecule has 0 unspecified atom stereocenters. The second-order valence-electron chi connectivity index (χ2n) is 4.96. The number of nitrogen functional groups attached to an aromatic ring is 1. The lowest BCUT2D eigenvalue weighted by Gasteiger charge is -2.12. The number of benzene rings is 2. The maximum atomic E-state index is 6.01. The predicted octanol–water partition coefficient (Wildman–Crippen LogP) is 4.47. The smallest absolute Gasteiger partial charge is 0.145 e. The molecular weight excluding hydrogens is 328 g/mol. The molecule has 0 fully saturated rings. The van der Waals surface area contributed by atoms with Gasteiger partial charge in [0.1, 0.15) is 12.4 Å². The average molecular weight is 343 g/mol. The topological polar surface area (TPSA) is 48.1 Å². The minimum absolute atomic E-state index is 0.484. The van der Waals surface area contributed by atoms with Crippen LogP contribution in [0.3, 0.4) is 0 Å². The molecule has 3 rings (SSSR count). The minimum atomic E-state index is 0.484. The van der Waals surface area contributed by atoms with Crippen molar-refractivity contribution < 1.29 is 4.74 Å². The van der Waals surface area contributed by atoms with Gasteiger partial charge in [-0.2, -0.15) is 0 Å². The number of nitrogens with zero attached hydrogens (tertiary/aromatic N) is 1. The maximum absolute atomic E-state index is 6.01. The number of aryl methyl sites for hydroxylation is 1. The van der Waals surface area contributed by atoms with Crippen LogP contribution in [0.2, 0.25) is 0 Å². The largest absolute Gasteiger partial charge is 0.486 e. The maximum Gasteiger partial charge on any atom is 0.145 e. The van der Waals surface area contributed by atoms with E-state index < -0.39 is 0 Å². The first-order chi connectivity index (χ1) is 10.1. The van der Waals surface area contributed by atoms with E-state index in [1.54, 1.807) is 6.20 Å². The molecule has 0 radical (unpaired) electrons. The molecule has 0 saturated heterocycles. The zero-order valence-electron chi connectivity index (χ0n) is 11.6. The zero-order valence-corrected chi connectivity index (χ0v) is 13.2. The highest BCUT2D eigenvalue weighted by Gasteiger charge is 2.07. The van der Waals surface area contributed by atoms with Crippen molar-refractivity contribution in [2.75, 3.05) is 5.73 Å². The Hall–Kier alpha value is -2.07. The van der Waals surface area contributed by atoms with Crippen LogP contribution in [0.1, 0.15) is 11.1 Å². The number of hydrogen-bond acceptors (Lipinski definition) is 3. The van der Waals surface area contributed by atoms with Gasteiger partial charge < -0.3 is 10.5 Å². The highest BCUT2D eigenvalue weighted by atomic mass is 79.9. The van der Waals surface area contributed by atoms with Crippen LogP contribution in [-0.2, 0) is 6.61 Å². The molecule has 0 atom stereocenters. The normalized spacial score (nSPS) is 10.8. The fourth-order valence-electron chi connectivity index (χ4n) is 2.32. The van der Waals surface area contributed by atoms with Crippen molar-refractivity contribution in [1.82, 2.24) is 4.98 Å². The lowest BCUT2D eigenvalue weighted by atomic mass is 10.1. The van der Waals surface area contributed by atoms with E-state index in [0.717, 1.165) is 32.3 Å². The second kappa shape index (κ2) is 5.74. The summed E-state index contributed by atoms with van der Waals surface area (Å²) >= 11 is 3.43. The number of ether oxygens (including phenoxy) is 1. The van der Waals surface area contributed by atoms with Gasteiger partial charge in [-0.25, -0.2) is 0 Å². The number of nitrogens with two attached hydrogens (primary N) is 1. The van der Waals surface area contributed by atoms with Crippen LogP contribution in [0, 0.1) is 6.92 Å². The van der Waals surface area contributed by atoms with Gasteiger partial charge in [0, 0.05) is 16.1 Å². The Kier molecular flexibility index (Phi) is 3.80. The molecule has 0 aliphatic carbocycles. The summed E-state index contributed by atoms with van der Waals surface area (Å²) in [4.78, 5) is 4.31. The zero-order chi connectivity index (χ0) is 14.8. The van der Waals surface area contributed by atoms with Gasteiger partial charge in [-0.05, 0) is 48.4 Å². The van der Waals surface area contributed by atoms with Crippen molar-refractivity contribution in [1.29, 1.82) is 0 Å².